The molecule has 0 radical (unpaired) electrons. The van der Waals surface area contributed by atoms with E-state index in [1.807, 2.05) is 53.0 Å². The van der Waals surface area contributed by atoms with Crippen molar-refractivity contribution in [3.05, 3.63) is 82.0 Å². The van der Waals surface area contributed by atoms with Gasteiger partial charge >= 0.3 is 5.63 Å². The number of hydrazone groups is 1. The van der Waals surface area contributed by atoms with Gasteiger partial charge in [-0.05, 0) is 34.7 Å². The number of thiophene rings is 1. The number of nitrogens with zero attached hydrogens (tertiary/aromatic N) is 3. The second-order valence-corrected chi connectivity index (χ2v) is 9.21. The molecule has 1 aliphatic rings. The first-order valence-electron chi connectivity index (χ1n) is 10.2. The van der Waals surface area contributed by atoms with Crippen LogP contribution in [0.1, 0.15) is 6.42 Å². The van der Waals surface area contributed by atoms with Crippen LogP contribution in [0.5, 0.6) is 0 Å². The zero-order chi connectivity index (χ0) is 21.5. The molecule has 7 heteroatoms. The van der Waals surface area contributed by atoms with Gasteiger partial charge in [-0.15, -0.1) is 22.7 Å². The summed E-state index contributed by atoms with van der Waals surface area (Å²) in [6.07, 6.45) is 4.42. The fourth-order valence-electron chi connectivity index (χ4n) is 4.17. The average molecular weight is 456 g/mol. The molecular weight excluding hydrogens is 438 g/mol. The Labute approximate surface area is 191 Å². The highest BCUT2D eigenvalue weighted by molar-refractivity contribution is 7.13. The van der Waals surface area contributed by atoms with Gasteiger partial charge in [0.05, 0.1) is 11.1 Å². The van der Waals surface area contributed by atoms with Gasteiger partial charge in [-0.25, -0.2) is 9.78 Å². The number of fused-ring (bicyclic) bond motifs is 1. The first-order chi connectivity index (χ1) is 15.8. The maximum absolute atomic E-state index is 13.2. The lowest BCUT2D eigenvalue weighted by atomic mass is 9.93. The minimum absolute atomic E-state index is 0.394. The zero-order valence-electron chi connectivity index (χ0n) is 16.9. The lowest BCUT2D eigenvalue weighted by Gasteiger charge is -2.21. The van der Waals surface area contributed by atoms with E-state index in [-0.39, 0.29) is 0 Å². The van der Waals surface area contributed by atoms with Crippen molar-refractivity contribution in [2.24, 2.45) is 5.10 Å². The molecule has 0 saturated heterocycles. The largest absolute Gasteiger partial charge is 0.422 e. The molecule has 5 aromatic rings. The monoisotopic (exact) mass is 455 g/mol. The molecule has 4 heterocycles. The molecule has 0 aliphatic carbocycles. The highest BCUT2D eigenvalue weighted by atomic mass is 32.1. The highest BCUT2D eigenvalue weighted by Gasteiger charge is 2.27. The van der Waals surface area contributed by atoms with Crippen LogP contribution in [0.4, 0.5) is 5.69 Å². The molecule has 0 spiro atoms. The minimum Gasteiger partial charge on any atom is -0.422 e. The topological polar surface area (TPSA) is 58.7 Å². The number of thiazole rings is 1. The number of hydrogen-bond acceptors (Lipinski definition) is 7. The molecule has 0 fully saturated rings. The summed E-state index contributed by atoms with van der Waals surface area (Å²) in [7, 11) is 0. The van der Waals surface area contributed by atoms with Crippen molar-refractivity contribution < 1.29 is 4.42 Å². The Kier molecular flexibility index (Phi) is 4.70. The molecule has 32 heavy (non-hydrogen) atoms. The summed E-state index contributed by atoms with van der Waals surface area (Å²) in [6.45, 7) is 0.705. The number of anilines is 1. The number of benzene rings is 2. The number of hydrogen-bond donors (Lipinski definition) is 0. The molecule has 3 aromatic heterocycles. The van der Waals surface area contributed by atoms with Crippen LogP contribution in [0.15, 0.2) is 85.9 Å². The van der Waals surface area contributed by atoms with E-state index in [0.717, 1.165) is 39.1 Å². The average Bonchev–Trinajstić information content (AvgIpc) is 3.61. The van der Waals surface area contributed by atoms with Crippen LogP contribution in [0.3, 0.4) is 0 Å². The molecule has 0 saturated carbocycles. The van der Waals surface area contributed by atoms with Crippen molar-refractivity contribution in [2.75, 3.05) is 11.6 Å². The Hall–Kier alpha value is -3.55. The summed E-state index contributed by atoms with van der Waals surface area (Å²) in [5.41, 5.74) is 4.63. The first kappa shape index (κ1) is 19.2. The lowest BCUT2D eigenvalue weighted by molar-refractivity contribution is 0.563. The van der Waals surface area contributed by atoms with Crippen LogP contribution in [0, 0.1) is 0 Å². The van der Waals surface area contributed by atoms with Crippen LogP contribution in [-0.2, 0) is 0 Å². The zero-order valence-corrected chi connectivity index (χ0v) is 18.5. The lowest BCUT2D eigenvalue weighted by Crippen LogP contribution is -2.18. The summed E-state index contributed by atoms with van der Waals surface area (Å²) >= 11 is 3.10. The molecule has 0 amide bonds. The van der Waals surface area contributed by atoms with E-state index in [0.29, 0.717) is 22.7 Å². The summed E-state index contributed by atoms with van der Waals surface area (Å²) in [5, 5.41) is 12.0. The Balaban J connectivity index is 1.81. The van der Waals surface area contributed by atoms with E-state index >= 15 is 0 Å². The van der Waals surface area contributed by atoms with E-state index in [4.69, 9.17) is 4.42 Å². The van der Waals surface area contributed by atoms with Gasteiger partial charge < -0.3 is 4.42 Å². The van der Waals surface area contributed by atoms with E-state index in [2.05, 4.69) is 33.7 Å². The van der Waals surface area contributed by atoms with E-state index in [9.17, 15) is 4.79 Å². The summed E-state index contributed by atoms with van der Waals surface area (Å²) in [6, 6.07) is 18.4. The summed E-state index contributed by atoms with van der Waals surface area (Å²) in [4.78, 5) is 18.7. The fourth-order valence-corrected chi connectivity index (χ4v) is 5.63. The van der Waals surface area contributed by atoms with Gasteiger partial charge in [0.1, 0.15) is 16.2 Å². The maximum Gasteiger partial charge on any atom is 0.348 e. The maximum atomic E-state index is 13.2. The van der Waals surface area contributed by atoms with Crippen molar-refractivity contribution in [3.63, 3.8) is 0 Å². The second kappa shape index (κ2) is 7.85. The van der Waals surface area contributed by atoms with Crippen molar-refractivity contribution in [3.8, 4) is 32.1 Å². The van der Waals surface area contributed by atoms with Crippen LogP contribution in [0.25, 0.3) is 43.1 Å². The van der Waals surface area contributed by atoms with Crippen LogP contribution >= 0.6 is 22.7 Å². The van der Waals surface area contributed by atoms with E-state index in [1.165, 1.54) is 11.3 Å². The van der Waals surface area contributed by atoms with E-state index < -0.39 is 5.63 Å². The highest BCUT2D eigenvalue weighted by Crippen LogP contribution is 2.46. The van der Waals surface area contributed by atoms with E-state index in [1.54, 1.807) is 17.5 Å². The standard InChI is InChI=1S/C25H17N3O2S2/c29-25-22(24-26-12-15-32-24)23(28-13-5-11-27-28)21-18(30-25)10-9-17(16-6-2-1-3-7-16)20(21)19-8-4-14-31-19/h1-4,6-12,14-15H,5,13H2. The third kappa shape index (κ3) is 3.09. The Morgan fingerprint density at radius 1 is 0.938 bits per heavy atom. The first-order valence-corrected chi connectivity index (χ1v) is 12.0. The minimum atomic E-state index is -0.394. The molecule has 1 aliphatic heterocycles. The van der Waals surface area contributed by atoms with Gasteiger partial charge in [-0.2, -0.15) is 5.10 Å². The third-order valence-electron chi connectivity index (χ3n) is 5.50. The van der Waals surface area contributed by atoms with Gasteiger partial charge in [-0.1, -0.05) is 36.4 Å². The molecule has 156 valence electrons. The molecule has 0 N–H and O–H groups in total. The number of rotatable bonds is 4. The van der Waals surface area contributed by atoms with Gasteiger partial charge in [-0.3, -0.25) is 5.01 Å². The van der Waals surface area contributed by atoms with Crippen LogP contribution < -0.4 is 10.6 Å². The van der Waals surface area contributed by atoms with Crippen molar-refractivity contribution in [1.29, 1.82) is 0 Å². The van der Waals surface area contributed by atoms with Crippen LogP contribution in [0.2, 0.25) is 0 Å². The van der Waals surface area contributed by atoms with Crippen molar-refractivity contribution in [1.82, 2.24) is 4.98 Å². The molecule has 2 aromatic carbocycles. The Morgan fingerprint density at radius 3 is 2.56 bits per heavy atom. The normalized spacial score (nSPS) is 13.3. The van der Waals surface area contributed by atoms with Gasteiger partial charge in [0, 0.05) is 41.2 Å². The summed E-state index contributed by atoms with van der Waals surface area (Å²) in [5.74, 6) is 0. The fraction of sp³-hybridized carbons (Fsp3) is 0.0800. The molecule has 0 unspecified atom stereocenters. The quantitative estimate of drug-likeness (QED) is 0.290. The SMILES string of the molecule is O=c1oc2ccc(-c3ccccc3)c(-c3cccs3)c2c(N2CCC=N2)c1-c1nccs1. The Morgan fingerprint density at radius 2 is 1.84 bits per heavy atom. The predicted molar refractivity (Wildman–Crippen MR) is 133 cm³/mol. The van der Waals surface area contributed by atoms with Crippen molar-refractivity contribution >= 4 is 45.5 Å². The van der Waals surface area contributed by atoms with Gasteiger partial charge in [0.15, 0.2) is 0 Å². The number of aromatic nitrogens is 1. The van der Waals surface area contributed by atoms with Crippen LogP contribution in [-0.4, -0.2) is 17.7 Å². The van der Waals surface area contributed by atoms with Gasteiger partial charge in [0.25, 0.3) is 0 Å². The molecule has 5 nitrogen and oxygen atoms in total. The van der Waals surface area contributed by atoms with Crippen molar-refractivity contribution in [2.45, 2.75) is 6.42 Å². The molecule has 0 atom stereocenters. The van der Waals surface area contributed by atoms with Gasteiger partial charge in [0.2, 0.25) is 0 Å². The summed E-state index contributed by atoms with van der Waals surface area (Å²) < 4.78 is 5.88. The molecule has 6 rings (SSSR count). The third-order valence-corrected chi connectivity index (χ3v) is 7.17. The Bertz CT molecular complexity index is 1490. The second-order valence-electron chi connectivity index (χ2n) is 7.36. The molecular formula is C25H17N3O2S2. The smallest absolute Gasteiger partial charge is 0.348 e. The predicted octanol–water partition coefficient (Wildman–Crippen LogP) is 6.51. The molecule has 0 bridgehead atoms.